The fourth-order valence-electron chi connectivity index (χ4n) is 2.16. The monoisotopic (exact) mass is 440 g/mol. The van der Waals surface area contributed by atoms with Crippen molar-refractivity contribution in [1.82, 2.24) is 10.4 Å². The SMILES string of the molecule is Cl.Cl.[O-][n+]1ccc(O)cc1CON1CCN/C1=N\c1c(Cl)cccc1Cl. The van der Waals surface area contributed by atoms with Gasteiger partial charge >= 0.3 is 0 Å². The fourth-order valence-corrected chi connectivity index (χ4v) is 2.64. The van der Waals surface area contributed by atoms with Crippen LogP contribution >= 0.6 is 48.0 Å². The molecule has 11 heteroatoms. The Balaban J connectivity index is 0.00000169. The van der Waals surface area contributed by atoms with Crippen LogP contribution in [0, 0.1) is 5.21 Å². The van der Waals surface area contributed by atoms with Crippen molar-refractivity contribution >= 4 is 59.7 Å². The number of nitrogens with zero attached hydrogens (tertiary/aromatic N) is 3. The summed E-state index contributed by atoms with van der Waals surface area (Å²) in [6.45, 7) is 1.14. The Morgan fingerprint density at radius 1 is 1.27 bits per heavy atom. The van der Waals surface area contributed by atoms with E-state index in [1.54, 1.807) is 18.2 Å². The minimum atomic E-state index is -0.0190. The highest BCUT2D eigenvalue weighted by Crippen LogP contribution is 2.33. The molecule has 1 aromatic carbocycles. The lowest BCUT2D eigenvalue weighted by atomic mass is 10.3. The molecule has 1 fully saturated rings. The highest BCUT2D eigenvalue weighted by molar-refractivity contribution is 6.38. The molecule has 142 valence electrons. The predicted octanol–water partition coefficient (Wildman–Crippen LogP) is 3.20. The molecule has 2 aromatic rings. The fraction of sp³-hybridized carbons (Fsp3) is 0.200. The molecule has 0 amide bonds. The third-order valence-electron chi connectivity index (χ3n) is 3.34. The number of benzene rings is 1. The van der Waals surface area contributed by atoms with Gasteiger partial charge in [0.1, 0.15) is 11.4 Å². The van der Waals surface area contributed by atoms with Gasteiger partial charge in [0, 0.05) is 12.6 Å². The van der Waals surface area contributed by atoms with Gasteiger partial charge in [0.15, 0.2) is 12.8 Å². The van der Waals surface area contributed by atoms with E-state index >= 15 is 0 Å². The lowest BCUT2D eigenvalue weighted by Crippen LogP contribution is -2.35. The molecule has 0 spiro atoms. The molecular weight excluding hydrogens is 426 g/mol. The molecule has 0 unspecified atom stereocenters. The Morgan fingerprint density at radius 3 is 2.65 bits per heavy atom. The van der Waals surface area contributed by atoms with E-state index in [1.807, 2.05) is 0 Å². The number of aliphatic imine (C=N–C) groups is 1. The van der Waals surface area contributed by atoms with Crippen LogP contribution in [0.25, 0.3) is 0 Å². The largest absolute Gasteiger partial charge is 0.618 e. The third-order valence-corrected chi connectivity index (χ3v) is 3.95. The standard InChI is InChI=1S/C15H14Cl2N4O3.2ClH/c16-12-2-1-3-13(17)14(12)19-15-18-5-7-21(15)24-9-10-8-11(22)4-6-20(10)23;;/h1-4,6,8,22H,5,7,9H2,(H,18,19);2*1H. The highest BCUT2D eigenvalue weighted by Gasteiger charge is 2.21. The lowest BCUT2D eigenvalue weighted by molar-refractivity contribution is -0.617. The Morgan fingerprint density at radius 2 is 1.96 bits per heavy atom. The summed E-state index contributed by atoms with van der Waals surface area (Å²) >= 11 is 12.2. The van der Waals surface area contributed by atoms with Crippen molar-refractivity contribution in [1.29, 1.82) is 0 Å². The zero-order chi connectivity index (χ0) is 17.1. The van der Waals surface area contributed by atoms with Crippen LogP contribution in [0.3, 0.4) is 0 Å². The molecule has 3 rings (SSSR count). The van der Waals surface area contributed by atoms with Crippen LogP contribution in [0.15, 0.2) is 41.5 Å². The Labute approximate surface area is 172 Å². The number of aromatic nitrogens is 1. The molecule has 0 radical (unpaired) electrons. The normalized spacial score (nSPS) is 14.5. The predicted molar refractivity (Wildman–Crippen MR) is 105 cm³/mol. The van der Waals surface area contributed by atoms with Crippen molar-refractivity contribution in [2.75, 3.05) is 13.1 Å². The number of para-hydroxylation sites is 1. The van der Waals surface area contributed by atoms with Gasteiger partial charge in [0.05, 0.1) is 22.7 Å². The molecule has 26 heavy (non-hydrogen) atoms. The molecule has 1 aliphatic rings. The van der Waals surface area contributed by atoms with E-state index < -0.39 is 0 Å². The Bertz CT molecular complexity index is 771. The number of halogens is 4. The zero-order valence-electron chi connectivity index (χ0n) is 13.3. The number of guanidine groups is 1. The maximum absolute atomic E-state index is 11.7. The summed E-state index contributed by atoms with van der Waals surface area (Å²) < 4.78 is 0.630. The minimum absolute atomic E-state index is 0. The average molecular weight is 442 g/mol. The van der Waals surface area contributed by atoms with Gasteiger partial charge in [0.25, 0.3) is 0 Å². The topological polar surface area (TPSA) is 84.0 Å². The minimum Gasteiger partial charge on any atom is -0.618 e. The molecule has 2 N–H and O–H groups in total. The zero-order valence-corrected chi connectivity index (χ0v) is 16.4. The summed E-state index contributed by atoms with van der Waals surface area (Å²) in [6.07, 6.45) is 1.22. The first-order chi connectivity index (χ1) is 11.5. The molecule has 0 bridgehead atoms. The molecule has 2 heterocycles. The van der Waals surface area contributed by atoms with Crippen LogP contribution in [0.5, 0.6) is 5.75 Å². The molecular formula is C15H16Cl4N4O3. The molecule has 1 aromatic heterocycles. The number of pyridine rings is 1. The second-order valence-corrected chi connectivity index (χ2v) is 5.82. The number of nitrogens with one attached hydrogen (secondary N) is 1. The van der Waals surface area contributed by atoms with Crippen molar-refractivity contribution in [3.05, 3.63) is 57.5 Å². The smallest absolute Gasteiger partial charge is 0.225 e. The van der Waals surface area contributed by atoms with Crippen molar-refractivity contribution in [2.45, 2.75) is 6.61 Å². The number of rotatable bonds is 4. The quantitative estimate of drug-likeness (QED) is 0.562. The number of hydroxylamine groups is 2. The Kier molecular flexibility index (Phi) is 8.52. The van der Waals surface area contributed by atoms with Crippen LogP contribution in [0.2, 0.25) is 10.0 Å². The van der Waals surface area contributed by atoms with Crippen LogP contribution in [0.1, 0.15) is 5.69 Å². The van der Waals surface area contributed by atoms with Crippen LogP contribution in [-0.2, 0) is 11.4 Å². The number of aromatic hydroxyl groups is 1. The summed E-state index contributed by atoms with van der Waals surface area (Å²) in [5, 5.41) is 26.6. The van der Waals surface area contributed by atoms with Gasteiger partial charge in [-0.15, -0.1) is 24.8 Å². The second-order valence-electron chi connectivity index (χ2n) is 5.01. The van der Waals surface area contributed by atoms with Crippen molar-refractivity contribution in [2.24, 2.45) is 4.99 Å². The molecule has 1 aliphatic heterocycles. The van der Waals surface area contributed by atoms with Gasteiger partial charge < -0.3 is 15.6 Å². The summed E-state index contributed by atoms with van der Waals surface area (Å²) in [5.41, 5.74) is 0.715. The second kappa shape index (κ2) is 9.89. The summed E-state index contributed by atoms with van der Waals surface area (Å²) in [4.78, 5) is 10.0. The van der Waals surface area contributed by atoms with E-state index in [4.69, 9.17) is 28.0 Å². The molecule has 0 atom stereocenters. The summed E-state index contributed by atoms with van der Waals surface area (Å²) in [6, 6.07) is 7.78. The van der Waals surface area contributed by atoms with E-state index in [1.165, 1.54) is 23.4 Å². The van der Waals surface area contributed by atoms with E-state index in [-0.39, 0.29) is 42.9 Å². The summed E-state index contributed by atoms with van der Waals surface area (Å²) in [7, 11) is 0. The molecule has 0 saturated carbocycles. The first-order valence-corrected chi connectivity index (χ1v) is 7.88. The van der Waals surface area contributed by atoms with Crippen molar-refractivity contribution in [3.63, 3.8) is 0 Å². The lowest BCUT2D eigenvalue weighted by Gasteiger charge is -2.17. The van der Waals surface area contributed by atoms with Crippen molar-refractivity contribution < 1.29 is 14.7 Å². The van der Waals surface area contributed by atoms with Crippen LogP contribution in [0.4, 0.5) is 5.69 Å². The van der Waals surface area contributed by atoms with E-state index in [0.29, 0.717) is 39.5 Å². The first-order valence-electron chi connectivity index (χ1n) is 7.12. The molecule has 7 nitrogen and oxygen atoms in total. The van der Waals surface area contributed by atoms with Gasteiger partial charge in [-0.05, 0) is 12.1 Å². The summed E-state index contributed by atoms with van der Waals surface area (Å²) in [5.74, 6) is 0.444. The van der Waals surface area contributed by atoms with Gasteiger partial charge in [-0.2, -0.15) is 4.73 Å². The van der Waals surface area contributed by atoms with Gasteiger partial charge in [-0.1, -0.05) is 29.3 Å². The van der Waals surface area contributed by atoms with E-state index in [2.05, 4.69) is 10.3 Å². The van der Waals surface area contributed by atoms with Gasteiger partial charge in [0.2, 0.25) is 11.7 Å². The van der Waals surface area contributed by atoms with Crippen LogP contribution < -0.4 is 10.0 Å². The van der Waals surface area contributed by atoms with Crippen LogP contribution in [-0.4, -0.2) is 29.2 Å². The number of hydrogen-bond donors (Lipinski definition) is 2. The highest BCUT2D eigenvalue weighted by atomic mass is 35.5. The maximum atomic E-state index is 11.7. The van der Waals surface area contributed by atoms with Gasteiger partial charge in [-0.25, -0.2) is 10.1 Å². The van der Waals surface area contributed by atoms with Gasteiger partial charge in [-0.3, -0.25) is 4.84 Å². The molecule has 0 aliphatic carbocycles. The molecule has 1 saturated heterocycles. The first kappa shape index (κ1) is 22.4. The number of hydrogen-bond acceptors (Lipinski definition) is 4. The average Bonchev–Trinajstić information content (AvgIpc) is 2.99. The van der Waals surface area contributed by atoms with E-state index in [9.17, 15) is 10.3 Å². The third kappa shape index (κ3) is 5.18. The maximum Gasteiger partial charge on any atom is 0.225 e. The van der Waals surface area contributed by atoms with E-state index in [0.717, 1.165) is 0 Å². The Hall–Kier alpha value is -1.64. The van der Waals surface area contributed by atoms with Crippen molar-refractivity contribution in [3.8, 4) is 5.75 Å².